The molecule has 9 heteroatoms. The number of nitriles is 1. The predicted octanol–water partition coefficient (Wildman–Crippen LogP) is 1.41. The SMILES string of the molecule is CC(C)(CNc1nc(Cl)c(C#N)s1)NS(C)(=O)=O. The molecule has 0 aliphatic rings. The Hall–Kier alpha value is -0.880. The van der Waals surface area contributed by atoms with Gasteiger partial charge in [-0.15, -0.1) is 0 Å². The second-order valence-corrected chi connectivity index (χ2v) is 7.47. The molecule has 0 bridgehead atoms. The Kier molecular flexibility index (Phi) is 4.55. The predicted molar refractivity (Wildman–Crippen MR) is 72.4 cm³/mol. The van der Waals surface area contributed by atoms with Crippen molar-refractivity contribution in [3.63, 3.8) is 0 Å². The highest BCUT2D eigenvalue weighted by atomic mass is 35.5. The second-order valence-electron chi connectivity index (χ2n) is 4.36. The number of hydrogen-bond donors (Lipinski definition) is 2. The number of rotatable bonds is 5. The zero-order valence-electron chi connectivity index (χ0n) is 10.1. The van der Waals surface area contributed by atoms with E-state index in [0.717, 1.165) is 17.6 Å². The van der Waals surface area contributed by atoms with Gasteiger partial charge in [0, 0.05) is 12.1 Å². The fourth-order valence-corrected chi connectivity index (χ4v) is 3.30. The normalized spacial score (nSPS) is 12.2. The fourth-order valence-electron chi connectivity index (χ4n) is 1.28. The third kappa shape index (κ3) is 4.78. The molecular formula is C9H13ClN4O2S2. The molecule has 0 aliphatic heterocycles. The summed E-state index contributed by atoms with van der Waals surface area (Å²) in [6.45, 7) is 3.80. The number of nitrogens with zero attached hydrogens (tertiary/aromatic N) is 2. The van der Waals surface area contributed by atoms with Crippen molar-refractivity contribution in [3.05, 3.63) is 10.0 Å². The Balaban J connectivity index is 2.67. The van der Waals surface area contributed by atoms with Crippen molar-refractivity contribution in [1.29, 1.82) is 5.26 Å². The molecule has 0 spiro atoms. The standard InChI is InChI=1S/C9H13ClN4O2S2/c1-9(2,14-18(3,15)16)5-12-8-13-7(10)6(4-11)17-8/h14H,5H2,1-3H3,(H,12,13). The molecule has 100 valence electrons. The lowest BCUT2D eigenvalue weighted by Crippen LogP contribution is -2.47. The monoisotopic (exact) mass is 308 g/mol. The summed E-state index contributed by atoms with van der Waals surface area (Å²) in [6, 6.07) is 1.92. The molecule has 0 atom stereocenters. The molecule has 6 nitrogen and oxygen atoms in total. The number of halogens is 1. The van der Waals surface area contributed by atoms with Gasteiger partial charge >= 0.3 is 0 Å². The van der Waals surface area contributed by atoms with Crippen molar-refractivity contribution >= 4 is 38.1 Å². The fraction of sp³-hybridized carbons (Fsp3) is 0.556. The first-order chi connectivity index (χ1) is 8.13. The van der Waals surface area contributed by atoms with Crippen LogP contribution in [-0.4, -0.2) is 31.7 Å². The van der Waals surface area contributed by atoms with Crippen LogP contribution in [0.4, 0.5) is 5.13 Å². The van der Waals surface area contributed by atoms with E-state index < -0.39 is 15.6 Å². The van der Waals surface area contributed by atoms with Gasteiger partial charge in [0.2, 0.25) is 10.0 Å². The van der Waals surface area contributed by atoms with E-state index in [1.807, 2.05) is 6.07 Å². The molecule has 0 aromatic carbocycles. The molecule has 0 saturated carbocycles. The van der Waals surface area contributed by atoms with Gasteiger partial charge in [-0.3, -0.25) is 0 Å². The Morgan fingerprint density at radius 2 is 2.17 bits per heavy atom. The van der Waals surface area contributed by atoms with Gasteiger partial charge in [-0.05, 0) is 13.8 Å². The maximum absolute atomic E-state index is 11.1. The van der Waals surface area contributed by atoms with Crippen LogP contribution in [0.5, 0.6) is 0 Å². The quantitative estimate of drug-likeness (QED) is 0.857. The van der Waals surface area contributed by atoms with Crippen LogP contribution in [0.15, 0.2) is 0 Å². The summed E-state index contributed by atoms with van der Waals surface area (Å²) in [5.74, 6) is 0. The first-order valence-corrected chi connectivity index (χ1v) is 8.01. The van der Waals surface area contributed by atoms with E-state index in [0.29, 0.717) is 16.6 Å². The maximum Gasteiger partial charge on any atom is 0.209 e. The lowest BCUT2D eigenvalue weighted by Gasteiger charge is -2.24. The molecule has 1 aromatic rings. The Labute approximate surface area is 115 Å². The van der Waals surface area contributed by atoms with E-state index in [4.69, 9.17) is 16.9 Å². The van der Waals surface area contributed by atoms with Gasteiger partial charge in [-0.2, -0.15) is 5.26 Å². The van der Waals surface area contributed by atoms with Gasteiger partial charge in [0.15, 0.2) is 10.3 Å². The lowest BCUT2D eigenvalue weighted by molar-refractivity contribution is 0.476. The third-order valence-corrected chi connectivity index (χ3v) is 4.06. The molecule has 1 aromatic heterocycles. The first-order valence-electron chi connectivity index (χ1n) is 4.92. The van der Waals surface area contributed by atoms with Crippen molar-refractivity contribution in [1.82, 2.24) is 9.71 Å². The molecule has 0 saturated heterocycles. The first kappa shape index (κ1) is 15.2. The lowest BCUT2D eigenvalue weighted by atomic mass is 10.1. The highest BCUT2D eigenvalue weighted by Gasteiger charge is 2.22. The van der Waals surface area contributed by atoms with Gasteiger partial charge in [0.1, 0.15) is 10.9 Å². The number of thiazole rings is 1. The van der Waals surface area contributed by atoms with Gasteiger partial charge in [0.05, 0.1) is 6.26 Å². The summed E-state index contributed by atoms with van der Waals surface area (Å²) >= 11 is 6.85. The minimum atomic E-state index is -3.28. The van der Waals surface area contributed by atoms with Crippen molar-refractivity contribution in [2.45, 2.75) is 19.4 Å². The molecule has 0 amide bonds. The van der Waals surface area contributed by atoms with Crippen LogP contribution in [0.1, 0.15) is 18.7 Å². The zero-order chi connectivity index (χ0) is 14.0. The highest BCUT2D eigenvalue weighted by molar-refractivity contribution is 7.88. The van der Waals surface area contributed by atoms with Gasteiger partial charge in [0.25, 0.3) is 0 Å². The molecule has 0 radical (unpaired) electrons. The van der Waals surface area contributed by atoms with Crippen molar-refractivity contribution < 1.29 is 8.42 Å². The molecule has 0 unspecified atom stereocenters. The van der Waals surface area contributed by atoms with Crippen LogP contribution in [0, 0.1) is 11.3 Å². The van der Waals surface area contributed by atoms with Gasteiger partial charge in [-0.1, -0.05) is 22.9 Å². The summed E-state index contributed by atoms with van der Waals surface area (Å²) in [5.41, 5.74) is -0.668. The van der Waals surface area contributed by atoms with E-state index in [1.54, 1.807) is 13.8 Å². The molecule has 1 rings (SSSR count). The minimum Gasteiger partial charge on any atom is -0.360 e. The highest BCUT2D eigenvalue weighted by Crippen LogP contribution is 2.26. The summed E-state index contributed by atoms with van der Waals surface area (Å²) < 4.78 is 24.8. The van der Waals surface area contributed by atoms with Crippen LogP contribution >= 0.6 is 22.9 Å². The number of hydrogen-bond acceptors (Lipinski definition) is 6. The molecule has 0 aliphatic carbocycles. The minimum absolute atomic E-state index is 0.152. The van der Waals surface area contributed by atoms with Crippen LogP contribution in [0.3, 0.4) is 0 Å². The smallest absolute Gasteiger partial charge is 0.209 e. The number of anilines is 1. The summed E-state index contributed by atoms with van der Waals surface area (Å²) in [4.78, 5) is 4.28. The molecule has 0 fully saturated rings. The second kappa shape index (κ2) is 5.40. The van der Waals surface area contributed by atoms with Crippen molar-refractivity contribution in [2.24, 2.45) is 0 Å². The van der Waals surface area contributed by atoms with Crippen LogP contribution < -0.4 is 10.0 Å². The van der Waals surface area contributed by atoms with Crippen LogP contribution in [0.25, 0.3) is 0 Å². The third-order valence-electron chi connectivity index (χ3n) is 1.83. The van der Waals surface area contributed by atoms with E-state index in [-0.39, 0.29) is 5.15 Å². The van der Waals surface area contributed by atoms with Crippen molar-refractivity contribution in [2.75, 3.05) is 18.1 Å². The van der Waals surface area contributed by atoms with Crippen LogP contribution in [-0.2, 0) is 10.0 Å². The molecule has 18 heavy (non-hydrogen) atoms. The molecule has 2 N–H and O–H groups in total. The van der Waals surface area contributed by atoms with E-state index in [9.17, 15) is 8.42 Å². The topological polar surface area (TPSA) is 94.9 Å². The van der Waals surface area contributed by atoms with E-state index in [2.05, 4.69) is 15.0 Å². The molecular weight excluding hydrogens is 296 g/mol. The summed E-state index contributed by atoms with van der Waals surface area (Å²) in [6.07, 6.45) is 1.10. The average Bonchev–Trinajstić information content (AvgIpc) is 2.53. The van der Waals surface area contributed by atoms with Gasteiger partial charge < -0.3 is 5.32 Å². The Morgan fingerprint density at radius 3 is 2.61 bits per heavy atom. The number of aromatic nitrogens is 1. The number of sulfonamides is 1. The van der Waals surface area contributed by atoms with E-state index >= 15 is 0 Å². The summed E-state index contributed by atoms with van der Waals surface area (Å²) in [7, 11) is -3.28. The Morgan fingerprint density at radius 1 is 1.56 bits per heavy atom. The average molecular weight is 309 g/mol. The van der Waals surface area contributed by atoms with Gasteiger partial charge in [-0.25, -0.2) is 18.1 Å². The Bertz CT molecular complexity index is 574. The van der Waals surface area contributed by atoms with Crippen molar-refractivity contribution in [3.8, 4) is 6.07 Å². The van der Waals surface area contributed by atoms with E-state index in [1.165, 1.54) is 0 Å². The largest absolute Gasteiger partial charge is 0.360 e. The zero-order valence-corrected chi connectivity index (χ0v) is 12.5. The number of nitrogens with one attached hydrogen (secondary N) is 2. The van der Waals surface area contributed by atoms with Crippen LogP contribution in [0.2, 0.25) is 5.15 Å². The maximum atomic E-state index is 11.1. The molecule has 1 heterocycles. The summed E-state index contributed by atoms with van der Waals surface area (Å²) in [5, 5.41) is 12.3.